The number of urea groups is 1. The van der Waals surface area contributed by atoms with Crippen molar-refractivity contribution in [3.63, 3.8) is 0 Å². The fraction of sp³-hybridized carbons (Fsp3) is 0.562. The number of hydrogen-bond acceptors (Lipinski definition) is 4. The van der Waals surface area contributed by atoms with Gasteiger partial charge in [-0.15, -0.1) is 0 Å². The summed E-state index contributed by atoms with van der Waals surface area (Å²) in [6, 6.07) is 5.41. The molecule has 6 nitrogen and oxygen atoms in total. The van der Waals surface area contributed by atoms with Crippen LogP contribution >= 0.6 is 0 Å². The Labute approximate surface area is 131 Å². The van der Waals surface area contributed by atoms with Gasteiger partial charge in [-0.2, -0.15) is 0 Å². The molecule has 0 aromatic heterocycles. The van der Waals surface area contributed by atoms with Crippen molar-refractivity contribution in [2.45, 2.75) is 25.9 Å². The number of anilines is 1. The lowest BCUT2D eigenvalue weighted by molar-refractivity contribution is 0.112. The molecule has 0 radical (unpaired) electrons. The van der Waals surface area contributed by atoms with Crippen LogP contribution in [0.4, 0.5) is 10.5 Å². The zero-order chi connectivity index (χ0) is 15.8. The number of amides is 2. The number of methoxy groups -OCH3 is 1. The number of aryl methyl sites for hydroxylation is 1. The molecule has 1 atom stereocenters. The monoisotopic (exact) mass is 308 g/mol. The van der Waals surface area contributed by atoms with Crippen molar-refractivity contribution >= 4 is 11.7 Å². The number of carbonyl (C=O) groups excluding carboxylic acids is 1. The summed E-state index contributed by atoms with van der Waals surface area (Å²) >= 11 is 0. The molecule has 1 saturated heterocycles. The maximum Gasteiger partial charge on any atom is 0.319 e. The molecule has 1 unspecified atom stereocenters. The number of carbonyl (C=O) groups is 1. The molecule has 22 heavy (non-hydrogen) atoms. The van der Waals surface area contributed by atoms with Gasteiger partial charge in [0, 0.05) is 20.3 Å². The van der Waals surface area contributed by atoms with Crippen molar-refractivity contribution in [2.75, 3.05) is 38.8 Å². The number of hydrogen-bond donors (Lipinski definition) is 2. The summed E-state index contributed by atoms with van der Waals surface area (Å²) in [5.41, 5.74) is 1.71. The summed E-state index contributed by atoms with van der Waals surface area (Å²) < 4.78 is 16.1. The van der Waals surface area contributed by atoms with Gasteiger partial charge in [0.2, 0.25) is 0 Å². The van der Waals surface area contributed by atoms with Gasteiger partial charge < -0.3 is 24.8 Å². The maximum atomic E-state index is 12.0. The predicted octanol–water partition coefficient (Wildman–Crippen LogP) is 2.32. The molecule has 1 aromatic carbocycles. The molecular formula is C16H24N2O4. The lowest BCUT2D eigenvalue weighted by atomic mass is 10.2. The Morgan fingerprint density at radius 2 is 2.27 bits per heavy atom. The normalized spacial score (nSPS) is 17.3. The van der Waals surface area contributed by atoms with Gasteiger partial charge in [-0.1, -0.05) is 6.07 Å². The second kappa shape index (κ2) is 8.60. The summed E-state index contributed by atoms with van der Waals surface area (Å²) in [7, 11) is 1.62. The average molecular weight is 308 g/mol. The van der Waals surface area contributed by atoms with E-state index in [0.717, 1.165) is 25.0 Å². The van der Waals surface area contributed by atoms with Crippen molar-refractivity contribution in [3.8, 4) is 5.75 Å². The van der Waals surface area contributed by atoms with E-state index in [2.05, 4.69) is 10.6 Å². The highest BCUT2D eigenvalue weighted by Gasteiger charge is 2.16. The molecule has 0 bridgehead atoms. The summed E-state index contributed by atoms with van der Waals surface area (Å²) in [4.78, 5) is 12.0. The van der Waals surface area contributed by atoms with E-state index in [0.29, 0.717) is 31.2 Å². The Balaban J connectivity index is 1.87. The van der Waals surface area contributed by atoms with Gasteiger partial charge in [0.25, 0.3) is 0 Å². The molecule has 0 spiro atoms. The van der Waals surface area contributed by atoms with E-state index in [1.54, 1.807) is 7.11 Å². The van der Waals surface area contributed by atoms with Gasteiger partial charge in [-0.25, -0.2) is 4.79 Å². The standard InChI is InChI=1S/C16H24N2O4/c1-12-5-6-14(15(10-12)22-9-8-20-2)18-16(19)17-11-13-4-3-7-21-13/h5-6,10,13H,3-4,7-9,11H2,1-2H3,(H2,17,18,19). The van der Waals surface area contributed by atoms with Crippen LogP contribution in [0.25, 0.3) is 0 Å². The first kappa shape index (κ1) is 16.6. The molecule has 2 N–H and O–H groups in total. The second-order valence-corrected chi connectivity index (χ2v) is 5.31. The Morgan fingerprint density at radius 3 is 3.00 bits per heavy atom. The molecule has 1 aliphatic rings. The van der Waals surface area contributed by atoms with Gasteiger partial charge in [0.05, 0.1) is 18.4 Å². The lowest BCUT2D eigenvalue weighted by Gasteiger charge is -2.15. The van der Waals surface area contributed by atoms with Crippen LogP contribution in [0.5, 0.6) is 5.75 Å². The molecule has 1 heterocycles. The Hall–Kier alpha value is -1.79. The number of rotatable bonds is 7. The zero-order valence-corrected chi connectivity index (χ0v) is 13.2. The van der Waals surface area contributed by atoms with Gasteiger partial charge in [-0.3, -0.25) is 0 Å². The maximum absolute atomic E-state index is 12.0. The van der Waals surface area contributed by atoms with E-state index < -0.39 is 0 Å². The fourth-order valence-corrected chi connectivity index (χ4v) is 2.27. The van der Waals surface area contributed by atoms with Crippen molar-refractivity contribution in [3.05, 3.63) is 23.8 Å². The van der Waals surface area contributed by atoms with Gasteiger partial charge in [0.1, 0.15) is 12.4 Å². The van der Waals surface area contributed by atoms with Crippen molar-refractivity contribution in [2.24, 2.45) is 0 Å². The predicted molar refractivity (Wildman–Crippen MR) is 84.5 cm³/mol. The van der Waals surface area contributed by atoms with Crippen LogP contribution in [0, 0.1) is 6.92 Å². The molecule has 2 rings (SSSR count). The van der Waals surface area contributed by atoms with Crippen LogP contribution in [-0.2, 0) is 9.47 Å². The highest BCUT2D eigenvalue weighted by molar-refractivity contribution is 5.91. The third-order valence-corrected chi connectivity index (χ3v) is 3.44. The first-order chi connectivity index (χ1) is 10.7. The molecule has 1 fully saturated rings. The number of nitrogens with one attached hydrogen (secondary N) is 2. The van der Waals surface area contributed by atoms with Crippen LogP contribution < -0.4 is 15.4 Å². The summed E-state index contributed by atoms with van der Waals surface area (Å²) in [6.45, 7) is 4.22. The highest BCUT2D eigenvalue weighted by Crippen LogP contribution is 2.25. The van der Waals surface area contributed by atoms with E-state index in [1.165, 1.54) is 0 Å². The van der Waals surface area contributed by atoms with Crippen LogP contribution in [0.1, 0.15) is 18.4 Å². The molecule has 0 saturated carbocycles. The average Bonchev–Trinajstić information content (AvgIpc) is 3.01. The van der Waals surface area contributed by atoms with E-state index in [-0.39, 0.29) is 12.1 Å². The van der Waals surface area contributed by atoms with Crippen molar-refractivity contribution in [1.29, 1.82) is 0 Å². The molecule has 1 aliphatic heterocycles. The minimum atomic E-state index is -0.254. The molecule has 2 amide bonds. The van der Waals surface area contributed by atoms with Crippen LogP contribution in [0.2, 0.25) is 0 Å². The Kier molecular flexibility index (Phi) is 6.48. The SMILES string of the molecule is COCCOc1cc(C)ccc1NC(=O)NCC1CCCO1. The molecule has 1 aromatic rings. The summed E-state index contributed by atoms with van der Waals surface area (Å²) in [6.07, 6.45) is 2.18. The molecule has 0 aliphatic carbocycles. The van der Waals surface area contributed by atoms with Gasteiger partial charge >= 0.3 is 6.03 Å². The van der Waals surface area contributed by atoms with E-state index in [1.807, 2.05) is 25.1 Å². The topological polar surface area (TPSA) is 68.8 Å². The lowest BCUT2D eigenvalue weighted by Crippen LogP contribution is -2.35. The van der Waals surface area contributed by atoms with Crippen LogP contribution in [-0.4, -0.2) is 45.6 Å². The Morgan fingerprint density at radius 1 is 1.41 bits per heavy atom. The Bertz CT molecular complexity index is 487. The molecule has 6 heteroatoms. The first-order valence-electron chi connectivity index (χ1n) is 7.58. The number of benzene rings is 1. The van der Waals surface area contributed by atoms with Crippen LogP contribution in [0.3, 0.4) is 0 Å². The van der Waals surface area contributed by atoms with Crippen LogP contribution in [0.15, 0.2) is 18.2 Å². The van der Waals surface area contributed by atoms with E-state index >= 15 is 0 Å². The minimum absolute atomic E-state index is 0.126. The van der Waals surface area contributed by atoms with Crippen molar-refractivity contribution < 1.29 is 19.0 Å². The molecular weight excluding hydrogens is 284 g/mol. The zero-order valence-electron chi connectivity index (χ0n) is 13.2. The molecule has 122 valence electrons. The second-order valence-electron chi connectivity index (χ2n) is 5.31. The minimum Gasteiger partial charge on any atom is -0.489 e. The first-order valence-corrected chi connectivity index (χ1v) is 7.58. The smallest absolute Gasteiger partial charge is 0.319 e. The highest BCUT2D eigenvalue weighted by atomic mass is 16.5. The largest absolute Gasteiger partial charge is 0.489 e. The third-order valence-electron chi connectivity index (χ3n) is 3.44. The fourth-order valence-electron chi connectivity index (χ4n) is 2.27. The summed E-state index contributed by atoms with van der Waals surface area (Å²) in [5.74, 6) is 0.643. The van der Waals surface area contributed by atoms with Gasteiger partial charge in [-0.05, 0) is 37.5 Å². The number of ether oxygens (including phenoxy) is 3. The summed E-state index contributed by atoms with van der Waals surface area (Å²) in [5, 5.41) is 5.64. The van der Waals surface area contributed by atoms with E-state index in [4.69, 9.17) is 14.2 Å². The van der Waals surface area contributed by atoms with Crippen molar-refractivity contribution in [1.82, 2.24) is 5.32 Å². The van der Waals surface area contributed by atoms with Gasteiger partial charge in [0.15, 0.2) is 0 Å². The quantitative estimate of drug-likeness (QED) is 0.759. The van der Waals surface area contributed by atoms with E-state index in [9.17, 15) is 4.79 Å². The third kappa shape index (κ3) is 5.20.